The van der Waals surface area contributed by atoms with Crippen molar-refractivity contribution >= 4 is 11.8 Å². The number of aliphatic hydroxyl groups is 2. The fraction of sp³-hybridized carbons (Fsp3) is 0.750. The fourth-order valence-electron chi connectivity index (χ4n) is 5.07. The van der Waals surface area contributed by atoms with Crippen LogP contribution in [0.2, 0.25) is 0 Å². The highest BCUT2D eigenvalue weighted by Gasteiger charge is 2.46. The third-order valence-electron chi connectivity index (χ3n) is 7.22. The Hall–Kier alpha value is -1.46. The zero-order valence-corrected chi connectivity index (χ0v) is 17.3. The number of carboxylic acid groups (broad SMARTS) is 1. The lowest BCUT2D eigenvalue weighted by molar-refractivity contribution is -0.137. The van der Waals surface area contributed by atoms with Gasteiger partial charge in [-0.3, -0.25) is 9.59 Å². The molecule has 0 heterocycles. The minimum Gasteiger partial charge on any atom is -0.481 e. The molecule has 0 bridgehead atoms. The second kappa shape index (κ2) is 10.0. The number of Topliss-reactive ketones (excluding diaryl/α,β-unsaturated/α-hetero) is 1. The highest BCUT2D eigenvalue weighted by Crippen LogP contribution is 2.53. The molecule has 0 spiro atoms. The standard InChI is InChI=1S/C24H36O5/c25-20-15-21(26)19(18(20)7-3-1-2-4-10-23(28)29)8-5-9-22(27)24(13-6-14-24)16-17-11-12-17/h1,3,5,8,17-19,21-22,26-27H,2,4,6-7,9-16H2,(H,28,29)/b3-1-,8-5+/t18-,19-,21-,22?/m1/s1. The Bertz CT molecular complexity index is 629. The summed E-state index contributed by atoms with van der Waals surface area (Å²) in [6.07, 6.45) is 16.9. The van der Waals surface area contributed by atoms with E-state index in [2.05, 4.69) is 0 Å². The second-order valence-corrected chi connectivity index (χ2v) is 9.46. The number of carboxylic acids is 1. The van der Waals surface area contributed by atoms with E-state index in [0.29, 0.717) is 25.7 Å². The molecule has 3 N–H and O–H groups in total. The summed E-state index contributed by atoms with van der Waals surface area (Å²) in [4.78, 5) is 22.8. The van der Waals surface area contributed by atoms with Gasteiger partial charge in [-0.2, -0.15) is 0 Å². The maximum absolute atomic E-state index is 12.3. The topological polar surface area (TPSA) is 94.8 Å². The molecule has 3 aliphatic rings. The lowest BCUT2D eigenvalue weighted by atomic mass is 9.61. The van der Waals surface area contributed by atoms with E-state index < -0.39 is 12.1 Å². The molecule has 0 saturated heterocycles. The first-order valence-electron chi connectivity index (χ1n) is 11.3. The predicted molar refractivity (Wildman–Crippen MR) is 111 cm³/mol. The fourth-order valence-corrected chi connectivity index (χ4v) is 5.07. The Morgan fingerprint density at radius 2 is 1.97 bits per heavy atom. The third-order valence-corrected chi connectivity index (χ3v) is 7.22. The maximum Gasteiger partial charge on any atom is 0.303 e. The van der Waals surface area contributed by atoms with Gasteiger partial charge in [0.1, 0.15) is 5.78 Å². The summed E-state index contributed by atoms with van der Waals surface area (Å²) < 4.78 is 0. The molecule has 162 valence electrons. The first kappa shape index (κ1) is 22.2. The van der Waals surface area contributed by atoms with Crippen molar-refractivity contribution in [2.75, 3.05) is 0 Å². The summed E-state index contributed by atoms with van der Waals surface area (Å²) in [6, 6.07) is 0. The van der Waals surface area contributed by atoms with Crippen molar-refractivity contribution in [2.24, 2.45) is 23.2 Å². The molecule has 3 aliphatic carbocycles. The molecule has 5 heteroatoms. The van der Waals surface area contributed by atoms with Crippen LogP contribution in [-0.2, 0) is 9.59 Å². The van der Waals surface area contributed by atoms with Gasteiger partial charge in [-0.25, -0.2) is 0 Å². The first-order chi connectivity index (χ1) is 13.9. The number of aliphatic hydroxyl groups excluding tert-OH is 2. The zero-order chi connectivity index (χ0) is 20.9. The average molecular weight is 405 g/mol. The van der Waals surface area contributed by atoms with Crippen molar-refractivity contribution in [3.63, 3.8) is 0 Å². The van der Waals surface area contributed by atoms with Crippen molar-refractivity contribution in [1.29, 1.82) is 0 Å². The van der Waals surface area contributed by atoms with Crippen LogP contribution in [0, 0.1) is 23.2 Å². The number of unbranched alkanes of at least 4 members (excludes halogenated alkanes) is 1. The van der Waals surface area contributed by atoms with E-state index in [9.17, 15) is 19.8 Å². The van der Waals surface area contributed by atoms with Crippen LogP contribution in [0.5, 0.6) is 0 Å². The molecule has 0 amide bonds. The Morgan fingerprint density at radius 1 is 1.21 bits per heavy atom. The number of ketones is 1. The number of aliphatic carboxylic acids is 1. The van der Waals surface area contributed by atoms with E-state index in [1.807, 2.05) is 24.3 Å². The molecule has 4 atom stereocenters. The van der Waals surface area contributed by atoms with Gasteiger partial charge in [-0.05, 0) is 56.3 Å². The van der Waals surface area contributed by atoms with E-state index in [1.54, 1.807) is 0 Å². The molecular weight excluding hydrogens is 368 g/mol. The van der Waals surface area contributed by atoms with Crippen molar-refractivity contribution < 1.29 is 24.9 Å². The van der Waals surface area contributed by atoms with Gasteiger partial charge >= 0.3 is 5.97 Å². The molecule has 3 rings (SSSR count). The number of rotatable bonds is 12. The SMILES string of the molecule is O=C(O)CCC/C=C\C[C@H]1C(=O)C[C@@H](O)[C@@H]1/C=C/CC(O)C1(CC2CC2)CCC1. The number of hydrogen-bond donors (Lipinski definition) is 3. The highest BCUT2D eigenvalue weighted by atomic mass is 16.4. The summed E-state index contributed by atoms with van der Waals surface area (Å²) in [7, 11) is 0. The minimum absolute atomic E-state index is 0.0899. The molecule has 0 aromatic carbocycles. The average Bonchev–Trinajstić information content (AvgIpc) is 3.41. The molecular formula is C24H36O5. The lowest BCUT2D eigenvalue weighted by Gasteiger charge is -2.46. The van der Waals surface area contributed by atoms with E-state index in [4.69, 9.17) is 5.11 Å². The van der Waals surface area contributed by atoms with Crippen LogP contribution in [0.3, 0.4) is 0 Å². The molecule has 1 unspecified atom stereocenters. The summed E-state index contributed by atoms with van der Waals surface area (Å²) >= 11 is 0. The molecule has 0 radical (unpaired) electrons. The van der Waals surface area contributed by atoms with E-state index in [1.165, 1.54) is 19.3 Å². The van der Waals surface area contributed by atoms with E-state index in [-0.39, 0.29) is 42.0 Å². The van der Waals surface area contributed by atoms with Crippen LogP contribution in [0.15, 0.2) is 24.3 Å². The van der Waals surface area contributed by atoms with Crippen molar-refractivity contribution in [2.45, 2.75) is 89.3 Å². The van der Waals surface area contributed by atoms with Crippen molar-refractivity contribution in [1.82, 2.24) is 0 Å². The van der Waals surface area contributed by atoms with Crippen LogP contribution >= 0.6 is 0 Å². The Balaban J connectivity index is 1.48. The number of carbonyl (C=O) groups excluding carboxylic acids is 1. The molecule has 0 aromatic heterocycles. The monoisotopic (exact) mass is 404 g/mol. The second-order valence-electron chi connectivity index (χ2n) is 9.46. The maximum atomic E-state index is 12.3. The van der Waals surface area contributed by atoms with E-state index in [0.717, 1.165) is 25.2 Å². The molecule has 0 aliphatic heterocycles. The third kappa shape index (κ3) is 6.02. The summed E-state index contributed by atoms with van der Waals surface area (Å²) in [5.41, 5.74) is 0.105. The predicted octanol–water partition coefficient (Wildman–Crippen LogP) is 4.03. The van der Waals surface area contributed by atoms with Crippen LogP contribution in [0.4, 0.5) is 0 Å². The van der Waals surface area contributed by atoms with Gasteiger partial charge in [-0.15, -0.1) is 0 Å². The van der Waals surface area contributed by atoms with Crippen molar-refractivity contribution in [3.8, 4) is 0 Å². The molecule has 3 saturated carbocycles. The normalized spacial score (nSPS) is 30.1. The van der Waals surface area contributed by atoms with Crippen molar-refractivity contribution in [3.05, 3.63) is 24.3 Å². The highest BCUT2D eigenvalue weighted by molar-refractivity contribution is 5.84. The van der Waals surface area contributed by atoms with Gasteiger partial charge < -0.3 is 15.3 Å². The molecule has 5 nitrogen and oxygen atoms in total. The van der Waals surface area contributed by atoms with Gasteiger partial charge in [0.05, 0.1) is 12.2 Å². The Kier molecular flexibility index (Phi) is 7.69. The molecule has 0 aromatic rings. The Morgan fingerprint density at radius 3 is 2.59 bits per heavy atom. The Labute approximate surface area is 173 Å². The van der Waals surface area contributed by atoms with Crippen LogP contribution in [0.25, 0.3) is 0 Å². The lowest BCUT2D eigenvalue weighted by Crippen LogP contribution is -2.41. The van der Waals surface area contributed by atoms with Crippen LogP contribution < -0.4 is 0 Å². The van der Waals surface area contributed by atoms with Gasteiger partial charge in [0.15, 0.2) is 0 Å². The van der Waals surface area contributed by atoms with Gasteiger partial charge in [-0.1, -0.05) is 43.6 Å². The number of hydrogen-bond acceptors (Lipinski definition) is 4. The van der Waals surface area contributed by atoms with Gasteiger partial charge in [0.25, 0.3) is 0 Å². The van der Waals surface area contributed by atoms with Gasteiger partial charge in [0, 0.05) is 24.7 Å². The first-order valence-corrected chi connectivity index (χ1v) is 11.3. The summed E-state index contributed by atoms with van der Waals surface area (Å²) in [5.74, 6) is -0.306. The number of carbonyl (C=O) groups is 2. The largest absolute Gasteiger partial charge is 0.481 e. The zero-order valence-electron chi connectivity index (χ0n) is 17.3. The molecule has 29 heavy (non-hydrogen) atoms. The quantitative estimate of drug-likeness (QED) is 0.337. The minimum atomic E-state index is -0.791. The smallest absolute Gasteiger partial charge is 0.303 e. The van der Waals surface area contributed by atoms with Crippen LogP contribution in [0.1, 0.15) is 77.0 Å². The van der Waals surface area contributed by atoms with E-state index >= 15 is 0 Å². The molecule has 3 fully saturated rings. The van der Waals surface area contributed by atoms with Gasteiger partial charge in [0.2, 0.25) is 0 Å². The number of allylic oxidation sites excluding steroid dienone is 2. The van der Waals surface area contributed by atoms with Crippen LogP contribution in [-0.4, -0.2) is 39.3 Å². The summed E-state index contributed by atoms with van der Waals surface area (Å²) in [5, 5.41) is 29.8. The summed E-state index contributed by atoms with van der Waals surface area (Å²) in [6.45, 7) is 0.